The number of alkyl halides is 1. The summed E-state index contributed by atoms with van der Waals surface area (Å²) < 4.78 is 16.7. The summed E-state index contributed by atoms with van der Waals surface area (Å²) in [7, 11) is 3.19. The van der Waals surface area contributed by atoms with Crippen LogP contribution in [0.2, 0.25) is 0 Å². The van der Waals surface area contributed by atoms with Gasteiger partial charge in [-0.3, -0.25) is 4.90 Å². The summed E-state index contributed by atoms with van der Waals surface area (Å²) in [6.07, 6.45) is 2.35. The Kier molecular flexibility index (Phi) is 11.6. The predicted octanol–water partition coefficient (Wildman–Crippen LogP) is 5.90. The van der Waals surface area contributed by atoms with E-state index in [-0.39, 0.29) is 25.4 Å². The van der Waals surface area contributed by atoms with E-state index in [0.29, 0.717) is 17.4 Å². The molecule has 0 amide bonds. The third kappa shape index (κ3) is 7.53. The van der Waals surface area contributed by atoms with Crippen molar-refractivity contribution in [2.24, 2.45) is 5.73 Å². The SMILES string of the molecule is COc1cc(COC(C=O)CC(N)C(Cl)(c2ccccc2)N2CCC(c3ccccc3)CC2)cc(OC)c1.Cl. The number of nitrogens with two attached hydrogens (primary N) is 1. The van der Waals surface area contributed by atoms with Gasteiger partial charge >= 0.3 is 0 Å². The molecule has 6 nitrogen and oxygen atoms in total. The lowest BCUT2D eigenvalue weighted by Crippen LogP contribution is -2.57. The first-order chi connectivity index (χ1) is 18.5. The van der Waals surface area contributed by atoms with E-state index in [1.807, 2.05) is 48.5 Å². The fraction of sp³-hybridized carbons (Fsp3) is 0.387. The molecule has 0 radical (unpaired) electrons. The van der Waals surface area contributed by atoms with Gasteiger partial charge in [-0.15, -0.1) is 12.4 Å². The Labute approximate surface area is 242 Å². The first-order valence-corrected chi connectivity index (χ1v) is 13.4. The van der Waals surface area contributed by atoms with Crippen LogP contribution in [0.25, 0.3) is 0 Å². The molecule has 0 saturated carbocycles. The maximum absolute atomic E-state index is 12.1. The zero-order valence-electron chi connectivity index (χ0n) is 22.5. The average molecular weight is 574 g/mol. The third-order valence-corrected chi connectivity index (χ3v) is 8.15. The number of methoxy groups -OCH3 is 2. The van der Waals surface area contributed by atoms with E-state index >= 15 is 0 Å². The van der Waals surface area contributed by atoms with Crippen LogP contribution < -0.4 is 15.2 Å². The molecule has 3 unspecified atom stereocenters. The number of likely N-dealkylation sites (tertiary alicyclic amines) is 1. The van der Waals surface area contributed by atoms with Gasteiger partial charge in [0.15, 0.2) is 0 Å². The molecule has 1 heterocycles. The highest BCUT2D eigenvalue weighted by atomic mass is 35.5. The van der Waals surface area contributed by atoms with Gasteiger partial charge in [0.25, 0.3) is 0 Å². The molecule has 1 saturated heterocycles. The van der Waals surface area contributed by atoms with Crippen molar-refractivity contribution in [2.75, 3.05) is 27.3 Å². The number of nitrogens with zero attached hydrogens (tertiary/aromatic N) is 1. The molecule has 3 atom stereocenters. The monoisotopic (exact) mass is 572 g/mol. The van der Waals surface area contributed by atoms with Crippen molar-refractivity contribution in [3.8, 4) is 11.5 Å². The second kappa shape index (κ2) is 14.7. The number of carbonyl (C=O) groups excluding carboxylic acids is 1. The number of rotatable bonds is 12. The molecule has 8 heteroatoms. The van der Waals surface area contributed by atoms with E-state index in [4.69, 9.17) is 31.5 Å². The second-order valence-electron chi connectivity index (χ2n) is 9.76. The van der Waals surface area contributed by atoms with Gasteiger partial charge in [0, 0.05) is 25.2 Å². The highest BCUT2D eigenvalue weighted by Gasteiger charge is 2.44. The molecule has 1 aliphatic heterocycles. The third-order valence-electron chi connectivity index (χ3n) is 7.41. The van der Waals surface area contributed by atoms with Crippen LogP contribution in [0.15, 0.2) is 78.9 Å². The lowest BCUT2D eigenvalue weighted by atomic mass is 9.86. The molecule has 210 valence electrons. The molecule has 3 aromatic rings. The summed E-state index contributed by atoms with van der Waals surface area (Å²) in [4.78, 5) is 13.4. The highest BCUT2D eigenvalue weighted by Crippen LogP contribution is 2.41. The minimum Gasteiger partial charge on any atom is -0.497 e. The highest BCUT2D eigenvalue weighted by molar-refractivity contribution is 6.24. The maximum Gasteiger partial charge on any atom is 0.148 e. The number of halogens is 2. The molecule has 0 spiro atoms. The number of piperidine rings is 1. The van der Waals surface area contributed by atoms with Crippen molar-refractivity contribution in [1.29, 1.82) is 0 Å². The lowest BCUT2D eigenvalue weighted by Gasteiger charge is -2.47. The normalized spacial score (nSPS) is 17.3. The number of carbonyl (C=O) groups is 1. The smallest absolute Gasteiger partial charge is 0.148 e. The van der Waals surface area contributed by atoms with Crippen molar-refractivity contribution in [3.63, 3.8) is 0 Å². The number of hydrogen-bond donors (Lipinski definition) is 1. The quantitative estimate of drug-likeness (QED) is 0.165. The van der Waals surface area contributed by atoms with E-state index in [1.165, 1.54) is 5.56 Å². The van der Waals surface area contributed by atoms with E-state index < -0.39 is 17.1 Å². The zero-order chi connectivity index (χ0) is 27.0. The van der Waals surface area contributed by atoms with Gasteiger partial charge in [-0.2, -0.15) is 0 Å². The van der Waals surface area contributed by atoms with Crippen LogP contribution in [0.4, 0.5) is 0 Å². The Morgan fingerprint density at radius 1 is 0.974 bits per heavy atom. The molecule has 0 bridgehead atoms. The lowest BCUT2D eigenvalue weighted by molar-refractivity contribution is -0.120. The van der Waals surface area contributed by atoms with Crippen LogP contribution in [-0.2, 0) is 21.1 Å². The number of aldehydes is 1. The van der Waals surface area contributed by atoms with Gasteiger partial charge in [0.05, 0.1) is 20.8 Å². The maximum atomic E-state index is 12.1. The van der Waals surface area contributed by atoms with Crippen LogP contribution in [0.1, 0.15) is 41.9 Å². The van der Waals surface area contributed by atoms with Crippen LogP contribution in [0.3, 0.4) is 0 Å². The predicted molar refractivity (Wildman–Crippen MR) is 158 cm³/mol. The Morgan fingerprint density at radius 3 is 2.08 bits per heavy atom. The molecule has 1 fully saturated rings. The molecule has 0 aromatic heterocycles. The first-order valence-electron chi connectivity index (χ1n) is 13.1. The summed E-state index contributed by atoms with van der Waals surface area (Å²) in [6, 6.07) is 25.5. The Balaban J connectivity index is 0.00000420. The minimum atomic E-state index is -0.966. The summed E-state index contributed by atoms with van der Waals surface area (Å²) in [5, 5.41) is 0. The zero-order valence-corrected chi connectivity index (χ0v) is 24.1. The van der Waals surface area contributed by atoms with Crippen LogP contribution >= 0.6 is 24.0 Å². The fourth-order valence-electron chi connectivity index (χ4n) is 5.29. The van der Waals surface area contributed by atoms with E-state index in [1.54, 1.807) is 20.3 Å². The van der Waals surface area contributed by atoms with Gasteiger partial charge < -0.3 is 24.7 Å². The molecular weight excluding hydrogens is 535 g/mol. The molecule has 1 aliphatic rings. The molecule has 39 heavy (non-hydrogen) atoms. The molecule has 4 rings (SSSR count). The molecule has 2 N–H and O–H groups in total. The van der Waals surface area contributed by atoms with Gasteiger partial charge in [-0.05, 0) is 54.0 Å². The van der Waals surface area contributed by atoms with Crippen LogP contribution in [0.5, 0.6) is 11.5 Å². The molecular formula is C31H38Cl2N2O4. The second-order valence-corrected chi connectivity index (χ2v) is 10.3. The minimum absolute atomic E-state index is 0. The summed E-state index contributed by atoms with van der Waals surface area (Å²) in [5.74, 6) is 1.81. The average Bonchev–Trinajstić information content (AvgIpc) is 2.99. The van der Waals surface area contributed by atoms with Crippen molar-refractivity contribution in [2.45, 2.75) is 48.9 Å². The topological polar surface area (TPSA) is 74.0 Å². The van der Waals surface area contributed by atoms with Gasteiger partial charge in [-0.25, -0.2) is 0 Å². The van der Waals surface area contributed by atoms with Crippen molar-refractivity contribution in [1.82, 2.24) is 4.90 Å². The summed E-state index contributed by atoms with van der Waals surface area (Å²) >= 11 is 7.48. The van der Waals surface area contributed by atoms with Crippen molar-refractivity contribution >= 4 is 30.3 Å². The van der Waals surface area contributed by atoms with E-state index in [0.717, 1.165) is 43.3 Å². The molecule has 3 aromatic carbocycles. The Bertz CT molecular complexity index is 1140. The van der Waals surface area contributed by atoms with Crippen molar-refractivity contribution < 1.29 is 19.0 Å². The Morgan fingerprint density at radius 2 is 1.54 bits per heavy atom. The number of benzene rings is 3. The number of ether oxygens (including phenoxy) is 3. The largest absolute Gasteiger partial charge is 0.497 e. The first kappa shape index (κ1) is 30.9. The van der Waals surface area contributed by atoms with Gasteiger partial charge in [0.2, 0.25) is 0 Å². The fourth-order valence-corrected chi connectivity index (χ4v) is 5.67. The van der Waals surface area contributed by atoms with Crippen LogP contribution in [-0.4, -0.2) is 50.6 Å². The van der Waals surface area contributed by atoms with Gasteiger partial charge in [-0.1, -0.05) is 72.3 Å². The van der Waals surface area contributed by atoms with Gasteiger partial charge in [0.1, 0.15) is 28.9 Å². The van der Waals surface area contributed by atoms with Crippen molar-refractivity contribution in [3.05, 3.63) is 95.6 Å². The number of hydrogen-bond acceptors (Lipinski definition) is 6. The Hall–Kier alpha value is -2.61. The van der Waals surface area contributed by atoms with E-state index in [2.05, 4.69) is 29.2 Å². The molecule has 0 aliphatic carbocycles. The van der Waals surface area contributed by atoms with E-state index in [9.17, 15) is 4.79 Å². The summed E-state index contributed by atoms with van der Waals surface area (Å²) in [6.45, 7) is 1.83. The van der Waals surface area contributed by atoms with Crippen LogP contribution in [0, 0.1) is 0 Å². The standard InChI is InChI=1S/C31H37ClN2O4.ClH/c1-36-27-17-23(18-28(19-27)37-2)22-38-29(21-35)20-30(33)31(32,26-11-7-4-8-12-26)34-15-13-25(14-16-34)24-9-5-3-6-10-24;/h3-12,17-19,21,25,29-30H,13-16,20,22,33H2,1-2H3;1H. The summed E-state index contributed by atoms with van der Waals surface area (Å²) in [5.41, 5.74) is 9.97.